The van der Waals surface area contributed by atoms with Gasteiger partial charge in [-0.15, -0.1) is 0 Å². The van der Waals surface area contributed by atoms with E-state index in [1.54, 1.807) is 32.6 Å². The predicted molar refractivity (Wildman–Crippen MR) is 111 cm³/mol. The molecule has 2 N–H and O–H groups in total. The maximum absolute atomic E-state index is 13.2. The molecule has 2 amide bonds. The molecule has 30 heavy (non-hydrogen) atoms. The number of likely N-dealkylation sites (tertiary alicyclic amines) is 1. The Labute approximate surface area is 177 Å². The van der Waals surface area contributed by atoms with Crippen LogP contribution in [0.1, 0.15) is 71.6 Å². The summed E-state index contributed by atoms with van der Waals surface area (Å²) in [6.07, 6.45) is 3.40. The summed E-state index contributed by atoms with van der Waals surface area (Å²) in [5.41, 5.74) is 2.01. The quantitative estimate of drug-likeness (QED) is 0.690. The standard InChI is InChI=1S/C22H33N3O5/c1-13(2)30-22(28)18-14(3)19(24-15(18)4)21(27)25-9-5-7-16(12-25)20(26)23-11-17-8-6-10-29-17/h13,16-17,24H,5-12H2,1-4H3,(H,23,26). The van der Waals surface area contributed by atoms with Gasteiger partial charge in [0.15, 0.2) is 0 Å². The van der Waals surface area contributed by atoms with Gasteiger partial charge in [0.25, 0.3) is 5.91 Å². The average Bonchev–Trinajstić information content (AvgIpc) is 3.32. The first-order valence-electron chi connectivity index (χ1n) is 10.9. The minimum Gasteiger partial charge on any atom is -0.459 e. The lowest BCUT2D eigenvalue weighted by atomic mass is 9.96. The van der Waals surface area contributed by atoms with Crippen LogP contribution in [0.3, 0.4) is 0 Å². The Bertz CT molecular complexity index is 795. The minimum atomic E-state index is -0.430. The van der Waals surface area contributed by atoms with E-state index in [1.807, 2.05) is 0 Å². The molecule has 0 spiro atoms. The number of hydrogen-bond donors (Lipinski definition) is 2. The zero-order valence-corrected chi connectivity index (χ0v) is 18.4. The number of esters is 1. The van der Waals surface area contributed by atoms with Crippen LogP contribution in [0.15, 0.2) is 0 Å². The van der Waals surface area contributed by atoms with Crippen LogP contribution in [0, 0.1) is 19.8 Å². The predicted octanol–water partition coefficient (Wildman–Crippen LogP) is 2.34. The highest BCUT2D eigenvalue weighted by Gasteiger charge is 2.32. The number of amides is 2. The van der Waals surface area contributed by atoms with Crippen LogP contribution in [-0.4, -0.2) is 66.1 Å². The van der Waals surface area contributed by atoms with E-state index >= 15 is 0 Å². The van der Waals surface area contributed by atoms with E-state index in [-0.39, 0.29) is 29.9 Å². The van der Waals surface area contributed by atoms with Gasteiger partial charge in [-0.05, 0) is 58.9 Å². The Hall–Kier alpha value is -2.35. The number of rotatable bonds is 6. The lowest BCUT2D eigenvalue weighted by Gasteiger charge is -2.32. The van der Waals surface area contributed by atoms with E-state index < -0.39 is 5.97 Å². The molecule has 1 aromatic rings. The summed E-state index contributed by atoms with van der Waals surface area (Å²) in [5.74, 6) is -0.870. The van der Waals surface area contributed by atoms with Crippen LogP contribution in [0.25, 0.3) is 0 Å². The highest BCUT2D eigenvalue weighted by Crippen LogP contribution is 2.24. The molecule has 8 nitrogen and oxygen atoms in total. The lowest BCUT2D eigenvalue weighted by Crippen LogP contribution is -2.46. The third-order valence-electron chi connectivity index (χ3n) is 5.81. The minimum absolute atomic E-state index is 0.0245. The van der Waals surface area contributed by atoms with Gasteiger partial charge in [-0.25, -0.2) is 4.79 Å². The maximum atomic E-state index is 13.2. The summed E-state index contributed by atoms with van der Waals surface area (Å²) < 4.78 is 10.9. The number of aromatic nitrogens is 1. The Kier molecular flexibility index (Phi) is 7.18. The highest BCUT2D eigenvalue weighted by molar-refractivity contribution is 6.00. The molecule has 2 fully saturated rings. The van der Waals surface area contributed by atoms with Gasteiger partial charge in [-0.3, -0.25) is 9.59 Å². The highest BCUT2D eigenvalue weighted by atomic mass is 16.5. The van der Waals surface area contributed by atoms with Gasteiger partial charge in [0, 0.05) is 31.9 Å². The Morgan fingerprint density at radius 3 is 2.67 bits per heavy atom. The Morgan fingerprint density at radius 2 is 2.00 bits per heavy atom. The number of nitrogens with zero attached hydrogens (tertiary/aromatic N) is 1. The SMILES string of the molecule is Cc1[nH]c(C(=O)N2CCCC(C(=O)NCC3CCCO3)C2)c(C)c1C(=O)OC(C)C. The van der Waals surface area contributed by atoms with Crippen LogP contribution in [0.4, 0.5) is 0 Å². The first kappa shape index (κ1) is 22.3. The molecule has 2 aliphatic rings. The van der Waals surface area contributed by atoms with Crippen molar-refractivity contribution in [2.75, 3.05) is 26.2 Å². The third-order valence-corrected chi connectivity index (χ3v) is 5.81. The van der Waals surface area contributed by atoms with Crippen molar-refractivity contribution < 1.29 is 23.9 Å². The average molecular weight is 420 g/mol. The number of nitrogens with one attached hydrogen (secondary N) is 2. The number of carbonyl (C=O) groups is 3. The first-order valence-corrected chi connectivity index (χ1v) is 10.9. The van der Waals surface area contributed by atoms with Gasteiger partial charge in [0.2, 0.25) is 5.91 Å². The first-order chi connectivity index (χ1) is 14.3. The second kappa shape index (κ2) is 9.64. The van der Waals surface area contributed by atoms with Crippen molar-refractivity contribution in [2.45, 2.75) is 65.6 Å². The van der Waals surface area contributed by atoms with Crippen molar-refractivity contribution >= 4 is 17.8 Å². The molecule has 1 aromatic heterocycles. The van der Waals surface area contributed by atoms with Gasteiger partial charge in [-0.2, -0.15) is 0 Å². The van der Waals surface area contributed by atoms with E-state index in [9.17, 15) is 14.4 Å². The molecule has 0 aliphatic carbocycles. The summed E-state index contributed by atoms with van der Waals surface area (Å²) in [7, 11) is 0. The van der Waals surface area contributed by atoms with Crippen molar-refractivity contribution in [3.63, 3.8) is 0 Å². The Balaban J connectivity index is 1.64. The fourth-order valence-corrected chi connectivity index (χ4v) is 4.24. The molecule has 8 heteroatoms. The Morgan fingerprint density at radius 1 is 1.23 bits per heavy atom. The maximum Gasteiger partial charge on any atom is 0.340 e. The van der Waals surface area contributed by atoms with Gasteiger partial charge >= 0.3 is 5.97 Å². The molecular weight excluding hydrogens is 386 g/mol. The van der Waals surface area contributed by atoms with Crippen LogP contribution in [0.5, 0.6) is 0 Å². The number of ether oxygens (including phenoxy) is 2. The molecule has 2 atom stereocenters. The molecule has 3 rings (SSSR count). The number of aromatic amines is 1. The van der Waals surface area contributed by atoms with E-state index in [4.69, 9.17) is 9.47 Å². The van der Waals surface area contributed by atoms with Crippen LogP contribution < -0.4 is 5.32 Å². The second-order valence-electron chi connectivity index (χ2n) is 8.55. The van der Waals surface area contributed by atoms with Crippen molar-refractivity contribution in [3.05, 3.63) is 22.5 Å². The number of hydrogen-bond acceptors (Lipinski definition) is 5. The molecule has 0 radical (unpaired) electrons. The number of aryl methyl sites for hydroxylation is 1. The van der Waals surface area contributed by atoms with E-state index in [0.717, 1.165) is 32.3 Å². The monoisotopic (exact) mass is 419 g/mol. The zero-order chi connectivity index (χ0) is 21.8. The van der Waals surface area contributed by atoms with Gasteiger partial charge in [0.1, 0.15) is 5.69 Å². The van der Waals surface area contributed by atoms with Crippen LogP contribution >= 0.6 is 0 Å². The fraction of sp³-hybridized carbons (Fsp3) is 0.682. The third kappa shape index (κ3) is 5.03. The largest absolute Gasteiger partial charge is 0.459 e. The van der Waals surface area contributed by atoms with E-state index in [2.05, 4.69) is 10.3 Å². The van der Waals surface area contributed by atoms with Crippen molar-refractivity contribution in [1.82, 2.24) is 15.2 Å². The summed E-state index contributed by atoms with van der Waals surface area (Å²) in [6.45, 7) is 9.35. The summed E-state index contributed by atoms with van der Waals surface area (Å²) >= 11 is 0. The molecule has 2 saturated heterocycles. The zero-order valence-electron chi connectivity index (χ0n) is 18.4. The van der Waals surface area contributed by atoms with E-state index in [0.29, 0.717) is 42.1 Å². The molecule has 166 valence electrons. The van der Waals surface area contributed by atoms with Crippen LogP contribution in [-0.2, 0) is 14.3 Å². The van der Waals surface area contributed by atoms with E-state index in [1.165, 1.54) is 0 Å². The molecule has 2 aliphatic heterocycles. The van der Waals surface area contributed by atoms with Crippen molar-refractivity contribution in [2.24, 2.45) is 5.92 Å². The molecule has 0 saturated carbocycles. The number of H-pyrrole nitrogens is 1. The molecular formula is C22H33N3O5. The second-order valence-corrected chi connectivity index (χ2v) is 8.55. The number of piperidine rings is 1. The lowest BCUT2D eigenvalue weighted by molar-refractivity contribution is -0.126. The molecule has 3 heterocycles. The van der Waals surface area contributed by atoms with Gasteiger partial charge < -0.3 is 24.7 Å². The smallest absolute Gasteiger partial charge is 0.340 e. The molecule has 0 aromatic carbocycles. The van der Waals surface area contributed by atoms with Crippen molar-refractivity contribution in [1.29, 1.82) is 0 Å². The van der Waals surface area contributed by atoms with Crippen molar-refractivity contribution in [3.8, 4) is 0 Å². The number of carbonyl (C=O) groups excluding carboxylic acids is 3. The van der Waals surface area contributed by atoms with Gasteiger partial charge in [0.05, 0.1) is 23.7 Å². The van der Waals surface area contributed by atoms with Crippen LogP contribution in [0.2, 0.25) is 0 Å². The topological polar surface area (TPSA) is 101 Å². The fourth-order valence-electron chi connectivity index (χ4n) is 4.24. The summed E-state index contributed by atoms with van der Waals surface area (Å²) in [4.78, 5) is 42.9. The molecule has 2 unspecified atom stereocenters. The normalized spacial score (nSPS) is 21.7. The molecule has 0 bridgehead atoms. The summed E-state index contributed by atoms with van der Waals surface area (Å²) in [6, 6.07) is 0. The summed E-state index contributed by atoms with van der Waals surface area (Å²) in [5, 5.41) is 2.98. The van der Waals surface area contributed by atoms with Gasteiger partial charge in [-0.1, -0.05) is 0 Å².